The molecule has 0 bridgehead atoms. The molecule has 8 nitrogen and oxygen atoms in total. The van der Waals surface area contributed by atoms with Gasteiger partial charge in [0.1, 0.15) is 22.7 Å². The molecule has 1 aliphatic rings. The van der Waals surface area contributed by atoms with Gasteiger partial charge < -0.3 is 24.5 Å². The number of nitrogens with zero attached hydrogens (tertiary/aromatic N) is 2. The third kappa shape index (κ3) is 5.35. The summed E-state index contributed by atoms with van der Waals surface area (Å²) in [5.41, 5.74) is 1.40. The molecule has 0 saturated heterocycles. The first-order chi connectivity index (χ1) is 17.7. The fourth-order valence-corrected chi connectivity index (χ4v) is 4.36. The highest BCUT2D eigenvalue weighted by Crippen LogP contribution is 2.41. The van der Waals surface area contributed by atoms with Crippen LogP contribution in [-0.2, 0) is 17.4 Å². The summed E-state index contributed by atoms with van der Waals surface area (Å²) in [6.45, 7) is 0.0392. The molecule has 192 valence electrons. The van der Waals surface area contributed by atoms with Crippen molar-refractivity contribution in [3.05, 3.63) is 89.9 Å². The maximum Gasteiger partial charge on any atom is 0.573 e. The van der Waals surface area contributed by atoms with Crippen molar-refractivity contribution >= 4 is 23.3 Å². The Balaban J connectivity index is 0.00000102. The van der Waals surface area contributed by atoms with Gasteiger partial charge >= 0.3 is 6.36 Å². The molecule has 1 atom stereocenters. The number of aryl methyl sites for hydroxylation is 1. The first-order valence-electron chi connectivity index (χ1n) is 11.1. The number of pyridine rings is 1. The maximum absolute atomic E-state index is 13.4. The number of benzene rings is 2. The molecule has 37 heavy (non-hydrogen) atoms. The van der Waals surface area contributed by atoms with E-state index in [-0.39, 0.29) is 24.7 Å². The molecule has 1 unspecified atom stereocenters. The van der Waals surface area contributed by atoms with Crippen LogP contribution in [0.3, 0.4) is 0 Å². The Morgan fingerprint density at radius 2 is 1.92 bits per heavy atom. The monoisotopic (exact) mass is 513 g/mol. The molecule has 0 aliphatic carbocycles. The number of hydrogen-bond acceptors (Lipinski definition) is 5. The Bertz CT molecular complexity index is 1420. The van der Waals surface area contributed by atoms with Gasteiger partial charge in [-0.15, -0.1) is 13.2 Å². The number of carboxylic acid groups (broad SMARTS) is 1. The zero-order valence-electron chi connectivity index (χ0n) is 19.5. The van der Waals surface area contributed by atoms with E-state index >= 15 is 0 Å². The lowest BCUT2D eigenvalue weighted by molar-refractivity contribution is -0.274. The molecule has 1 aliphatic heterocycles. The molecule has 1 amide bonds. The standard InChI is InChI=1S/C25H20F3N3O3.CH2O2/c1-31-13-10-16-15-17(4-9-20(16)31)23(32)30-24(11-14-33-21-3-2-12-29-22(21)24)18-5-7-19(8-6-18)34-25(26,27)28;2-1-3/h2-10,12-13,15H,11,14H2,1H3,(H,30,32);1H,(H,2,3). The molecule has 0 saturated carbocycles. The largest absolute Gasteiger partial charge is 0.573 e. The summed E-state index contributed by atoms with van der Waals surface area (Å²) in [4.78, 5) is 26.3. The van der Waals surface area contributed by atoms with Gasteiger partial charge in [-0.2, -0.15) is 0 Å². The van der Waals surface area contributed by atoms with Crippen LogP contribution in [0.5, 0.6) is 11.5 Å². The second-order valence-corrected chi connectivity index (χ2v) is 8.19. The van der Waals surface area contributed by atoms with Crippen LogP contribution < -0.4 is 14.8 Å². The summed E-state index contributed by atoms with van der Waals surface area (Å²) in [6, 6.07) is 16.3. The highest BCUT2D eigenvalue weighted by molar-refractivity contribution is 5.99. The number of halogens is 3. The van der Waals surface area contributed by atoms with E-state index in [0.717, 1.165) is 10.9 Å². The number of ether oxygens (including phenoxy) is 2. The van der Waals surface area contributed by atoms with E-state index in [2.05, 4.69) is 15.0 Å². The van der Waals surface area contributed by atoms with Crippen LogP contribution in [0.1, 0.15) is 28.0 Å². The van der Waals surface area contributed by atoms with Gasteiger partial charge in [0.15, 0.2) is 0 Å². The van der Waals surface area contributed by atoms with Crippen molar-refractivity contribution in [1.29, 1.82) is 0 Å². The third-order valence-corrected chi connectivity index (χ3v) is 5.96. The van der Waals surface area contributed by atoms with Crippen LogP contribution in [0.15, 0.2) is 73.1 Å². The van der Waals surface area contributed by atoms with Crippen LogP contribution in [0, 0.1) is 0 Å². The van der Waals surface area contributed by atoms with Gasteiger partial charge in [-0.05, 0) is 54.1 Å². The number of aromatic nitrogens is 2. The Morgan fingerprint density at radius 3 is 2.62 bits per heavy atom. The van der Waals surface area contributed by atoms with E-state index in [4.69, 9.17) is 14.6 Å². The van der Waals surface area contributed by atoms with Crippen molar-refractivity contribution in [2.75, 3.05) is 6.61 Å². The Labute approximate surface area is 209 Å². The zero-order valence-corrected chi connectivity index (χ0v) is 19.5. The highest BCUT2D eigenvalue weighted by Gasteiger charge is 2.42. The van der Waals surface area contributed by atoms with Gasteiger partial charge in [0.25, 0.3) is 12.4 Å². The van der Waals surface area contributed by atoms with Crippen LogP contribution in [0.4, 0.5) is 13.2 Å². The van der Waals surface area contributed by atoms with Crippen LogP contribution in [0.2, 0.25) is 0 Å². The maximum atomic E-state index is 13.4. The van der Waals surface area contributed by atoms with Gasteiger partial charge in [-0.3, -0.25) is 14.6 Å². The Morgan fingerprint density at radius 1 is 1.19 bits per heavy atom. The molecule has 2 N–H and O–H groups in total. The number of alkyl halides is 3. The van der Waals surface area contributed by atoms with E-state index in [9.17, 15) is 18.0 Å². The molecule has 0 radical (unpaired) electrons. The summed E-state index contributed by atoms with van der Waals surface area (Å²) < 4.78 is 49.6. The summed E-state index contributed by atoms with van der Waals surface area (Å²) in [7, 11) is 1.92. The first kappa shape index (κ1) is 25.5. The van der Waals surface area contributed by atoms with E-state index < -0.39 is 11.9 Å². The van der Waals surface area contributed by atoms with Crippen molar-refractivity contribution < 1.29 is 37.3 Å². The van der Waals surface area contributed by atoms with Gasteiger partial charge in [0, 0.05) is 42.3 Å². The fraction of sp³-hybridized carbons (Fsp3) is 0.192. The molecule has 2 aromatic heterocycles. The van der Waals surface area contributed by atoms with Crippen molar-refractivity contribution in [2.24, 2.45) is 7.05 Å². The second kappa shape index (κ2) is 10.2. The second-order valence-electron chi connectivity index (χ2n) is 8.19. The number of hydrogen-bond donors (Lipinski definition) is 2. The minimum atomic E-state index is -4.80. The third-order valence-electron chi connectivity index (χ3n) is 5.96. The van der Waals surface area contributed by atoms with Gasteiger partial charge in [-0.1, -0.05) is 12.1 Å². The van der Waals surface area contributed by atoms with Crippen LogP contribution in [0.25, 0.3) is 10.9 Å². The summed E-state index contributed by atoms with van der Waals surface area (Å²) in [5.74, 6) is -0.177. The van der Waals surface area contributed by atoms with Crippen molar-refractivity contribution in [2.45, 2.75) is 18.3 Å². The average molecular weight is 513 g/mol. The molecule has 0 fully saturated rings. The fourth-order valence-electron chi connectivity index (χ4n) is 4.36. The van der Waals surface area contributed by atoms with E-state index in [1.165, 1.54) is 24.3 Å². The van der Waals surface area contributed by atoms with Gasteiger partial charge in [0.2, 0.25) is 0 Å². The van der Waals surface area contributed by atoms with Gasteiger partial charge in [-0.25, -0.2) is 0 Å². The number of amides is 1. The minimum Gasteiger partial charge on any atom is -0.491 e. The first-order valence-corrected chi connectivity index (χ1v) is 11.1. The smallest absolute Gasteiger partial charge is 0.491 e. The predicted molar refractivity (Wildman–Crippen MR) is 127 cm³/mol. The topological polar surface area (TPSA) is 103 Å². The molecule has 3 heterocycles. The van der Waals surface area contributed by atoms with E-state index in [1.54, 1.807) is 30.5 Å². The zero-order chi connectivity index (χ0) is 26.6. The molecule has 4 aromatic rings. The van der Waals surface area contributed by atoms with Gasteiger partial charge in [0.05, 0.1) is 6.61 Å². The number of nitrogens with one attached hydrogen (secondary N) is 1. The normalized spacial score (nSPS) is 16.5. The summed E-state index contributed by atoms with van der Waals surface area (Å²) in [5, 5.41) is 10.9. The average Bonchev–Trinajstić information content (AvgIpc) is 3.24. The van der Waals surface area contributed by atoms with E-state index in [1.807, 2.05) is 29.9 Å². The van der Waals surface area contributed by atoms with Crippen molar-refractivity contribution in [3.8, 4) is 11.5 Å². The predicted octanol–water partition coefficient (Wildman–Crippen LogP) is 4.63. The summed E-state index contributed by atoms with van der Waals surface area (Å²) >= 11 is 0. The molecule has 2 aromatic carbocycles. The lowest BCUT2D eigenvalue weighted by atomic mass is 9.81. The molecule has 0 spiro atoms. The Kier molecular flexibility index (Phi) is 7.05. The number of carbonyl (C=O) groups is 2. The molecular formula is C26H22F3N3O5. The molecule has 5 rings (SSSR count). The van der Waals surface area contributed by atoms with Crippen molar-refractivity contribution in [3.63, 3.8) is 0 Å². The summed E-state index contributed by atoms with van der Waals surface area (Å²) in [6.07, 6.45) is -0.950. The number of fused-ring (bicyclic) bond motifs is 2. The molecular weight excluding hydrogens is 491 g/mol. The minimum absolute atomic E-state index is 0.250. The lowest BCUT2D eigenvalue weighted by Gasteiger charge is -2.39. The van der Waals surface area contributed by atoms with Crippen LogP contribution in [-0.4, -0.2) is 40.0 Å². The lowest BCUT2D eigenvalue weighted by Crippen LogP contribution is -2.50. The number of carbonyl (C=O) groups excluding carboxylic acids is 1. The highest BCUT2D eigenvalue weighted by atomic mass is 19.4. The quantitative estimate of drug-likeness (QED) is 0.386. The van der Waals surface area contributed by atoms with Crippen molar-refractivity contribution in [1.82, 2.24) is 14.9 Å². The Hall–Kier alpha value is -4.54. The SMILES string of the molecule is Cn1ccc2cc(C(=O)NC3(c4ccc(OC(F)(F)F)cc4)CCOc4cccnc43)ccc21.O=CO. The van der Waals surface area contributed by atoms with Crippen LogP contribution >= 0.6 is 0 Å². The number of rotatable bonds is 4. The molecule has 11 heteroatoms. The van der Waals surface area contributed by atoms with E-state index in [0.29, 0.717) is 29.0 Å².